The van der Waals surface area contributed by atoms with Crippen LogP contribution in [0.3, 0.4) is 0 Å². The van der Waals surface area contributed by atoms with Gasteiger partial charge in [-0.3, -0.25) is 4.90 Å². The normalized spacial score (nSPS) is 12.5. The van der Waals surface area contributed by atoms with Crippen LogP contribution in [0.2, 0.25) is 0 Å². The van der Waals surface area contributed by atoms with Gasteiger partial charge < -0.3 is 15.3 Å². The third-order valence-electron chi connectivity index (χ3n) is 6.41. The molecule has 0 aromatic heterocycles. The molecule has 2 aromatic rings. The average molecular weight is 456 g/mol. The molecule has 0 saturated heterocycles. The van der Waals surface area contributed by atoms with Crippen molar-refractivity contribution in [1.29, 1.82) is 0 Å². The van der Waals surface area contributed by atoms with E-state index in [1.807, 2.05) is 13.8 Å². The van der Waals surface area contributed by atoms with Crippen molar-refractivity contribution in [2.75, 3.05) is 13.2 Å². The van der Waals surface area contributed by atoms with Crippen LogP contribution in [0.1, 0.15) is 94.2 Å². The molecule has 0 aliphatic heterocycles. The molecule has 0 spiro atoms. The van der Waals surface area contributed by atoms with Crippen molar-refractivity contribution >= 4 is 0 Å². The Morgan fingerprint density at radius 1 is 0.667 bits per heavy atom. The average Bonchev–Trinajstić information content (AvgIpc) is 2.70. The van der Waals surface area contributed by atoms with E-state index in [1.54, 1.807) is 0 Å². The van der Waals surface area contributed by atoms with Crippen LogP contribution in [0.4, 0.5) is 0 Å². The van der Waals surface area contributed by atoms with Crippen LogP contribution in [0, 0.1) is 13.8 Å². The number of aryl methyl sites for hydroxylation is 2. The third kappa shape index (κ3) is 7.48. The molecule has 0 bridgehead atoms. The Bertz CT molecular complexity index is 864. The highest BCUT2D eigenvalue weighted by Gasteiger charge is 2.21. The van der Waals surface area contributed by atoms with Gasteiger partial charge in [-0.25, -0.2) is 0 Å². The molecule has 4 heteroatoms. The van der Waals surface area contributed by atoms with Gasteiger partial charge in [0.2, 0.25) is 0 Å². The van der Waals surface area contributed by atoms with Crippen molar-refractivity contribution in [2.45, 2.75) is 98.6 Å². The largest absolute Gasteiger partial charge is 0.507 e. The smallest absolute Gasteiger partial charge is 0.122 e. The molecule has 2 aromatic carbocycles. The van der Waals surface area contributed by atoms with E-state index in [2.05, 4.69) is 70.7 Å². The molecule has 4 nitrogen and oxygen atoms in total. The lowest BCUT2D eigenvalue weighted by Gasteiger charge is -2.27. The van der Waals surface area contributed by atoms with Crippen LogP contribution in [-0.2, 0) is 23.9 Å². The molecule has 2 rings (SSSR count). The number of phenols is 2. The zero-order valence-electron chi connectivity index (χ0n) is 22.0. The Hall–Kier alpha value is -2.04. The first-order valence-corrected chi connectivity index (χ1v) is 12.2. The van der Waals surface area contributed by atoms with Gasteiger partial charge in [-0.05, 0) is 72.7 Å². The SMILES string of the molecule is Cc1cc(C(C)(C)C)cc(CN(CCCCCO)Cc2cc(C(C)(C)C)cc(C)c2O)c1O. The minimum Gasteiger partial charge on any atom is -0.507 e. The molecule has 3 N–H and O–H groups in total. The number of rotatable bonds is 9. The second-order valence-electron chi connectivity index (χ2n) is 11.6. The second kappa shape index (κ2) is 10.9. The molecule has 0 atom stereocenters. The molecule has 0 radical (unpaired) electrons. The number of nitrogens with zero attached hydrogens (tertiary/aromatic N) is 1. The summed E-state index contributed by atoms with van der Waals surface area (Å²) < 4.78 is 0. The molecule has 0 saturated carbocycles. The van der Waals surface area contributed by atoms with Crippen LogP contribution in [0.25, 0.3) is 0 Å². The molecule has 0 fully saturated rings. The first-order chi connectivity index (χ1) is 15.2. The number of hydrogen-bond donors (Lipinski definition) is 3. The first kappa shape index (κ1) is 27.2. The van der Waals surface area contributed by atoms with E-state index < -0.39 is 0 Å². The zero-order valence-corrected chi connectivity index (χ0v) is 22.0. The first-order valence-electron chi connectivity index (χ1n) is 12.2. The van der Waals surface area contributed by atoms with Crippen LogP contribution < -0.4 is 0 Å². The van der Waals surface area contributed by atoms with Crippen LogP contribution >= 0.6 is 0 Å². The van der Waals surface area contributed by atoms with E-state index in [9.17, 15) is 10.2 Å². The van der Waals surface area contributed by atoms with Gasteiger partial charge in [0.05, 0.1) is 0 Å². The molecule has 0 unspecified atom stereocenters. The van der Waals surface area contributed by atoms with Crippen LogP contribution in [-0.4, -0.2) is 33.4 Å². The quantitative estimate of drug-likeness (QED) is 0.379. The summed E-state index contributed by atoms with van der Waals surface area (Å²) in [6, 6.07) is 8.40. The Morgan fingerprint density at radius 3 is 1.45 bits per heavy atom. The van der Waals surface area contributed by atoms with Gasteiger partial charge in [-0.1, -0.05) is 65.8 Å². The van der Waals surface area contributed by atoms with Gasteiger partial charge in [0, 0.05) is 30.8 Å². The highest BCUT2D eigenvalue weighted by Crippen LogP contribution is 2.34. The summed E-state index contributed by atoms with van der Waals surface area (Å²) in [5.74, 6) is 0.708. The predicted molar refractivity (Wildman–Crippen MR) is 138 cm³/mol. The second-order valence-corrected chi connectivity index (χ2v) is 11.6. The number of aliphatic hydroxyl groups is 1. The van der Waals surface area contributed by atoms with Gasteiger partial charge in [0.25, 0.3) is 0 Å². The number of hydrogen-bond acceptors (Lipinski definition) is 4. The van der Waals surface area contributed by atoms with E-state index in [-0.39, 0.29) is 17.4 Å². The lowest BCUT2D eigenvalue weighted by Crippen LogP contribution is -2.25. The molecule has 33 heavy (non-hydrogen) atoms. The van der Waals surface area contributed by atoms with E-state index in [1.165, 1.54) is 11.1 Å². The highest BCUT2D eigenvalue weighted by atomic mass is 16.3. The number of benzene rings is 2. The van der Waals surface area contributed by atoms with Crippen LogP contribution in [0.15, 0.2) is 24.3 Å². The zero-order chi connectivity index (χ0) is 25.0. The van der Waals surface area contributed by atoms with Crippen molar-refractivity contribution in [3.63, 3.8) is 0 Å². The van der Waals surface area contributed by atoms with Gasteiger partial charge in [-0.2, -0.15) is 0 Å². The Kier molecular flexibility index (Phi) is 9.01. The number of aromatic hydroxyl groups is 2. The highest BCUT2D eigenvalue weighted by molar-refractivity contribution is 5.46. The van der Waals surface area contributed by atoms with E-state index in [0.717, 1.165) is 48.1 Å². The third-order valence-corrected chi connectivity index (χ3v) is 6.41. The van der Waals surface area contributed by atoms with Gasteiger partial charge in [-0.15, -0.1) is 0 Å². The molecule has 0 amide bonds. The van der Waals surface area contributed by atoms with Crippen molar-refractivity contribution in [2.24, 2.45) is 0 Å². The molecule has 184 valence electrons. The fourth-order valence-corrected chi connectivity index (χ4v) is 4.13. The monoisotopic (exact) mass is 455 g/mol. The minimum atomic E-state index is -0.00438. The molecule has 0 aliphatic carbocycles. The predicted octanol–water partition coefficient (Wildman–Crippen LogP) is 6.47. The summed E-state index contributed by atoms with van der Waals surface area (Å²) in [5.41, 5.74) is 6.04. The lowest BCUT2D eigenvalue weighted by molar-refractivity contribution is 0.235. The maximum absolute atomic E-state index is 10.9. The summed E-state index contributed by atoms with van der Waals surface area (Å²) in [4.78, 5) is 2.30. The lowest BCUT2D eigenvalue weighted by atomic mass is 9.84. The van der Waals surface area contributed by atoms with Crippen molar-refractivity contribution in [3.8, 4) is 11.5 Å². The summed E-state index contributed by atoms with van der Waals surface area (Å²) in [7, 11) is 0. The van der Waals surface area contributed by atoms with Gasteiger partial charge in [0.1, 0.15) is 11.5 Å². The van der Waals surface area contributed by atoms with Crippen molar-refractivity contribution < 1.29 is 15.3 Å². The summed E-state index contributed by atoms with van der Waals surface area (Å²) in [5, 5.41) is 30.9. The van der Waals surface area contributed by atoms with Crippen molar-refractivity contribution in [3.05, 3.63) is 57.6 Å². The fourth-order valence-electron chi connectivity index (χ4n) is 4.13. The van der Waals surface area contributed by atoms with Gasteiger partial charge >= 0.3 is 0 Å². The Morgan fingerprint density at radius 2 is 1.09 bits per heavy atom. The summed E-state index contributed by atoms with van der Waals surface area (Å²) >= 11 is 0. The minimum absolute atomic E-state index is 0.00438. The molecule has 0 aliphatic rings. The topological polar surface area (TPSA) is 63.9 Å². The number of phenolic OH excluding ortho intramolecular Hbond substituents is 2. The maximum Gasteiger partial charge on any atom is 0.122 e. The number of unbranched alkanes of at least 4 members (excludes halogenated alkanes) is 2. The Labute approximate surface area is 201 Å². The fraction of sp³-hybridized carbons (Fsp3) is 0.586. The summed E-state index contributed by atoms with van der Waals surface area (Å²) in [6.45, 7) is 19.3. The molecular weight excluding hydrogens is 410 g/mol. The van der Waals surface area contributed by atoms with E-state index >= 15 is 0 Å². The van der Waals surface area contributed by atoms with Crippen LogP contribution in [0.5, 0.6) is 11.5 Å². The standard InChI is InChI=1S/C29H45NO3/c1-20-14-24(28(3,4)5)16-22(26(20)32)18-30(12-10-9-11-13-31)19-23-17-25(29(6,7)8)15-21(2)27(23)33/h14-17,31-33H,9-13,18-19H2,1-8H3. The maximum atomic E-state index is 10.9. The Balaban J connectivity index is 2.41. The summed E-state index contributed by atoms with van der Waals surface area (Å²) in [6.07, 6.45) is 2.70. The van der Waals surface area contributed by atoms with Crippen molar-refractivity contribution in [1.82, 2.24) is 4.90 Å². The van der Waals surface area contributed by atoms with E-state index in [4.69, 9.17) is 5.11 Å². The number of aliphatic hydroxyl groups excluding tert-OH is 1. The molecule has 0 heterocycles. The van der Waals surface area contributed by atoms with Gasteiger partial charge in [0.15, 0.2) is 0 Å². The molecular formula is C29H45NO3. The van der Waals surface area contributed by atoms with E-state index in [0.29, 0.717) is 24.6 Å².